The topological polar surface area (TPSA) is 159 Å². The molecule has 2 radical (unpaired) electrons. The van der Waals surface area contributed by atoms with Gasteiger partial charge in [-0.1, -0.05) is 0 Å². The van der Waals surface area contributed by atoms with Crippen LogP contribution in [0.1, 0.15) is 53.4 Å². The van der Waals surface area contributed by atoms with Crippen molar-refractivity contribution in [2.45, 2.75) is 70.6 Å². The number of nitrogens with one attached hydrogen (secondary N) is 1. The second-order valence-corrected chi connectivity index (χ2v) is 8.04. The summed E-state index contributed by atoms with van der Waals surface area (Å²) in [6.45, 7) is 7.74. The minimum absolute atomic E-state index is 0. The van der Waals surface area contributed by atoms with E-state index in [1.54, 1.807) is 0 Å². The van der Waals surface area contributed by atoms with Gasteiger partial charge in [-0.15, -0.1) is 0 Å². The van der Waals surface area contributed by atoms with E-state index in [0.29, 0.717) is 12.8 Å². The van der Waals surface area contributed by atoms with Crippen molar-refractivity contribution < 1.29 is 39.2 Å². The van der Waals surface area contributed by atoms with E-state index in [-0.39, 0.29) is 37.3 Å². The zero-order valence-electron chi connectivity index (χ0n) is 15.8. The Labute approximate surface area is 177 Å². The van der Waals surface area contributed by atoms with Crippen molar-refractivity contribution in [3.05, 3.63) is 0 Å². The van der Waals surface area contributed by atoms with Crippen LogP contribution in [0.25, 0.3) is 0 Å². The molecule has 1 fully saturated rings. The first-order valence-corrected chi connectivity index (χ1v) is 8.33. The van der Waals surface area contributed by atoms with Gasteiger partial charge in [0.15, 0.2) is 0 Å². The van der Waals surface area contributed by atoms with Gasteiger partial charge in [0, 0.05) is 53.7 Å². The van der Waals surface area contributed by atoms with Gasteiger partial charge in [-0.05, 0) is 34.1 Å². The van der Waals surface area contributed by atoms with E-state index in [1.807, 2.05) is 27.7 Å². The minimum atomic E-state index is -1.95. The summed E-state index contributed by atoms with van der Waals surface area (Å²) in [6.07, 6.45) is -1.43. The zero-order valence-corrected chi connectivity index (χ0v) is 19.3. The quantitative estimate of drug-likeness (QED) is 0.230. The Morgan fingerprint density at radius 3 is 1.70 bits per heavy atom. The molecule has 2 unspecified atom stereocenters. The van der Waals surface area contributed by atoms with E-state index in [9.17, 15) is 34.5 Å². The summed E-state index contributed by atoms with van der Waals surface area (Å²) in [7, 11) is 0. The van der Waals surface area contributed by atoms with Gasteiger partial charge in [0.2, 0.25) is 0 Å². The van der Waals surface area contributed by atoms with Crippen LogP contribution in [0.3, 0.4) is 0 Å². The molecule has 1 aliphatic rings. The first-order valence-electron chi connectivity index (χ1n) is 8.33. The summed E-state index contributed by atoms with van der Waals surface area (Å²) >= 11 is 0. The maximum absolute atomic E-state index is 12.2. The Bertz CT molecular complexity index is 573. The average Bonchev–Trinajstić information content (AvgIpc) is 2.37. The summed E-state index contributed by atoms with van der Waals surface area (Å²) in [4.78, 5) is 45.1. The number of hydrogen-bond donors (Lipinski definition) is 1. The molecule has 0 bridgehead atoms. The third kappa shape index (κ3) is 8.51. The van der Waals surface area contributed by atoms with Crippen molar-refractivity contribution >= 4 is 50.1 Å². The first kappa shape index (κ1) is 25.7. The van der Waals surface area contributed by atoms with Crippen LogP contribution in [0.4, 0.5) is 0 Å². The average molecular weight is 579 g/mol. The van der Waals surface area contributed by atoms with Crippen LogP contribution in [0, 0.1) is 11.8 Å². The maximum Gasteiger partial charge on any atom is 3.00 e. The van der Waals surface area contributed by atoms with Crippen molar-refractivity contribution in [1.82, 2.24) is 5.32 Å². The number of carbonyl (C=O) groups is 4. The first-order chi connectivity index (χ1) is 11.7. The SMILES string of the molecule is CC1(C)CC(OC(=O)CC(C(=O)[O-])C(CC(=O)[O-])C(=O)[O-])CC(C)(C)N1.[Bi+3]. The maximum atomic E-state index is 12.2. The number of hydrogen-bond acceptors (Lipinski definition) is 9. The minimum Gasteiger partial charge on any atom is -0.550 e. The van der Waals surface area contributed by atoms with E-state index in [2.05, 4.69) is 5.32 Å². The molecule has 1 aliphatic heterocycles. The fourth-order valence-corrected chi connectivity index (χ4v) is 3.68. The van der Waals surface area contributed by atoms with E-state index < -0.39 is 54.7 Å². The molecule has 27 heavy (non-hydrogen) atoms. The molecule has 1 N–H and O–H groups in total. The largest absolute Gasteiger partial charge is 3.00 e. The summed E-state index contributed by atoms with van der Waals surface area (Å²) in [5.74, 6) is -10.3. The molecule has 0 aromatic rings. The monoisotopic (exact) mass is 579 g/mol. The third-order valence-electron chi connectivity index (χ3n) is 4.32. The third-order valence-corrected chi connectivity index (χ3v) is 4.32. The molecule has 0 aromatic heterocycles. The smallest absolute Gasteiger partial charge is 0.550 e. The van der Waals surface area contributed by atoms with Crippen molar-refractivity contribution in [1.29, 1.82) is 0 Å². The Kier molecular flexibility index (Phi) is 9.32. The van der Waals surface area contributed by atoms with Gasteiger partial charge in [0.25, 0.3) is 0 Å². The molecule has 9 nitrogen and oxygen atoms in total. The summed E-state index contributed by atoms with van der Waals surface area (Å²) in [6, 6.07) is 0. The molecule has 1 saturated heterocycles. The molecule has 10 heteroatoms. The predicted octanol–water partition coefficient (Wildman–Crippen LogP) is -3.28. The van der Waals surface area contributed by atoms with Gasteiger partial charge < -0.3 is 39.8 Å². The summed E-state index contributed by atoms with van der Waals surface area (Å²) < 4.78 is 5.33. The summed E-state index contributed by atoms with van der Waals surface area (Å²) in [5.41, 5.74) is -0.633. The molecule has 0 aromatic carbocycles. The Morgan fingerprint density at radius 2 is 1.33 bits per heavy atom. The molecule has 150 valence electrons. The number of carbonyl (C=O) groups excluding carboxylic acids is 4. The molecule has 0 aliphatic carbocycles. The molecule has 2 atom stereocenters. The number of carboxylic acid groups (broad SMARTS) is 3. The van der Waals surface area contributed by atoms with Crippen LogP contribution >= 0.6 is 0 Å². The Hall–Kier alpha value is -1.28. The van der Waals surface area contributed by atoms with Gasteiger partial charge in [-0.25, -0.2) is 0 Å². The van der Waals surface area contributed by atoms with Crippen molar-refractivity contribution in [3.8, 4) is 0 Å². The second kappa shape index (κ2) is 9.78. The van der Waals surface area contributed by atoms with Crippen molar-refractivity contribution in [2.24, 2.45) is 11.8 Å². The van der Waals surface area contributed by atoms with E-state index >= 15 is 0 Å². The second-order valence-electron chi connectivity index (χ2n) is 8.04. The normalized spacial score (nSPS) is 20.6. The van der Waals surface area contributed by atoms with Crippen molar-refractivity contribution in [2.75, 3.05) is 0 Å². The summed E-state index contributed by atoms with van der Waals surface area (Å²) in [5, 5.41) is 36.3. The molecule has 0 spiro atoms. The van der Waals surface area contributed by atoms with E-state index in [0.717, 1.165) is 0 Å². The standard InChI is InChI=1S/C17H27NO8.Bi/c1-16(2)7-9(8-17(3,4)18-16)26-13(21)6-11(15(24)25)10(14(22)23)5-12(19)20;/h9-11,18H,5-8H2,1-4H3,(H,19,20)(H,22,23)(H,24,25);/q;+3/p-3. The molecule has 1 rings (SSSR count). The Balaban J connectivity index is 0.00000676. The fourth-order valence-electron chi connectivity index (χ4n) is 3.68. The number of carboxylic acids is 3. The van der Waals surface area contributed by atoms with Crippen LogP contribution in [0.2, 0.25) is 0 Å². The van der Waals surface area contributed by atoms with E-state index in [1.165, 1.54) is 0 Å². The molecule has 0 saturated carbocycles. The number of piperidine rings is 1. The molecular weight excluding hydrogens is 555 g/mol. The predicted molar refractivity (Wildman–Crippen MR) is 87.4 cm³/mol. The Morgan fingerprint density at radius 1 is 0.926 bits per heavy atom. The van der Waals surface area contributed by atoms with Gasteiger partial charge in [0.05, 0.1) is 6.42 Å². The van der Waals surface area contributed by atoms with Gasteiger partial charge in [-0.3, -0.25) is 4.79 Å². The van der Waals surface area contributed by atoms with Crippen LogP contribution in [0.15, 0.2) is 0 Å². The van der Waals surface area contributed by atoms with Crippen LogP contribution in [-0.2, 0) is 23.9 Å². The van der Waals surface area contributed by atoms with E-state index in [4.69, 9.17) is 4.74 Å². The van der Waals surface area contributed by atoms with Crippen LogP contribution in [0.5, 0.6) is 0 Å². The van der Waals surface area contributed by atoms with Crippen molar-refractivity contribution in [3.63, 3.8) is 0 Å². The van der Waals surface area contributed by atoms with Crippen LogP contribution in [-0.4, -0.2) is 67.3 Å². The number of rotatable bonds is 8. The molecule has 0 amide bonds. The number of esters is 1. The van der Waals surface area contributed by atoms with Gasteiger partial charge in [-0.2, -0.15) is 0 Å². The fraction of sp³-hybridized carbons (Fsp3) is 0.765. The zero-order chi connectivity index (χ0) is 20.3. The molecule has 1 heterocycles. The molecular formula is C17H24BiNO8. The van der Waals surface area contributed by atoms with Gasteiger partial charge in [0.1, 0.15) is 6.10 Å². The number of aliphatic carboxylic acids is 3. The number of ether oxygens (including phenoxy) is 1. The van der Waals surface area contributed by atoms with Crippen LogP contribution < -0.4 is 20.6 Å². The van der Waals surface area contributed by atoms with Gasteiger partial charge >= 0.3 is 32.2 Å².